The Kier molecular flexibility index (Phi) is 7.01. The molecule has 35 heavy (non-hydrogen) atoms. The normalized spacial score (nSPS) is 10.5. The maximum atomic E-state index is 12.8. The average molecular weight is 473 g/mol. The molecule has 2 amide bonds. The van der Waals surface area contributed by atoms with Gasteiger partial charge in [0.2, 0.25) is 5.88 Å². The number of hydrogen-bond donors (Lipinski definition) is 2. The lowest BCUT2D eigenvalue weighted by Crippen LogP contribution is -2.23. The van der Waals surface area contributed by atoms with Gasteiger partial charge in [-0.15, -0.1) is 0 Å². The van der Waals surface area contributed by atoms with Gasteiger partial charge in [-0.3, -0.25) is 14.3 Å². The quantitative estimate of drug-likeness (QED) is 0.403. The Bertz CT molecular complexity index is 1350. The van der Waals surface area contributed by atoms with Crippen LogP contribution in [0.2, 0.25) is 0 Å². The van der Waals surface area contributed by atoms with Crippen LogP contribution in [0.5, 0.6) is 17.4 Å². The zero-order chi connectivity index (χ0) is 24.8. The molecule has 0 spiro atoms. The molecule has 0 aliphatic heterocycles. The Balaban J connectivity index is 1.43. The molecule has 0 fully saturated rings. The van der Waals surface area contributed by atoms with Crippen molar-refractivity contribution in [2.24, 2.45) is 7.05 Å². The minimum atomic E-state index is -0.337. The molecule has 0 aliphatic rings. The molecule has 10 heteroatoms. The van der Waals surface area contributed by atoms with Gasteiger partial charge in [0.05, 0.1) is 7.11 Å². The molecule has 3 aromatic heterocycles. The van der Waals surface area contributed by atoms with Crippen LogP contribution in [-0.2, 0) is 13.6 Å². The van der Waals surface area contributed by atoms with Gasteiger partial charge in [-0.25, -0.2) is 9.97 Å². The van der Waals surface area contributed by atoms with Crippen LogP contribution < -0.4 is 20.1 Å². The second-order valence-corrected chi connectivity index (χ2v) is 7.59. The zero-order valence-corrected chi connectivity index (χ0v) is 19.5. The number of carbonyl (C=O) groups excluding carboxylic acids is 2. The molecule has 0 bridgehead atoms. The van der Waals surface area contributed by atoms with Gasteiger partial charge in [-0.2, -0.15) is 5.10 Å². The molecular weight excluding hydrogens is 448 g/mol. The highest BCUT2D eigenvalue weighted by molar-refractivity contribution is 6.02. The summed E-state index contributed by atoms with van der Waals surface area (Å²) < 4.78 is 12.5. The Morgan fingerprint density at radius 1 is 1.03 bits per heavy atom. The number of nitrogens with zero attached hydrogens (tertiary/aromatic N) is 4. The van der Waals surface area contributed by atoms with E-state index in [0.29, 0.717) is 46.6 Å². The van der Waals surface area contributed by atoms with Crippen LogP contribution in [0.4, 0.5) is 5.82 Å². The first-order valence-electron chi connectivity index (χ1n) is 10.7. The van der Waals surface area contributed by atoms with E-state index < -0.39 is 0 Å². The smallest absolute Gasteiger partial charge is 0.275 e. The highest BCUT2D eigenvalue weighted by atomic mass is 16.5. The lowest BCUT2D eigenvalue weighted by atomic mass is 10.1. The fourth-order valence-electron chi connectivity index (χ4n) is 3.33. The molecule has 4 rings (SSSR count). The van der Waals surface area contributed by atoms with Crippen molar-refractivity contribution >= 4 is 17.6 Å². The minimum Gasteiger partial charge on any atom is -0.481 e. The van der Waals surface area contributed by atoms with Crippen LogP contribution in [0.25, 0.3) is 0 Å². The van der Waals surface area contributed by atoms with Gasteiger partial charge >= 0.3 is 0 Å². The van der Waals surface area contributed by atoms with E-state index in [9.17, 15) is 9.59 Å². The third-order valence-corrected chi connectivity index (χ3v) is 5.24. The summed E-state index contributed by atoms with van der Waals surface area (Å²) >= 11 is 0. The highest BCUT2D eigenvalue weighted by Crippen LogP contribution is 2.28. The number of amides is 2. The Morgan fingerprint density at radius 3 is 2.60 bits per heavy atom. The molecule has 0 saturated carbocycles. The first-order chi connectivity index (χ1) is 16.9. The number of ether oxygens (including phenoxy) is 2. The first kappa shape index (κ1) is 23.4. The van der Waals surface area contributed by atoms with Gasteiger partial charge in [-0.05, 0) is 36.8 Å². The largest absolute Gasteiger partial charge is 0.481 e. The number of rotatable bonds is 8. The molecule has 0 radical (unpaired) electrons. The number of hydrogen-bond acceptors (Lipinski definition) is 7. The Labute approximate surface area is 201 Å². The number of aryl methyl sites for hydroxylation is 1. The van der Waals surface area contributed by atoms with Crippen LogP contribution in [0.15, 0.2) is 67.1 Å². The molecule has 10 nitrogen and oxygen atoms in total. The summed E-state index contributed by atoms with van der Waals surface area (Å²) in [7, 11) is 3.23. The van der Waals surface area contributed by atoms with E-state index in [2.05, 4.69) is 25.7 Å². The Hall–Kier alpha value is -4.73. The molecule has 0 atom stereocenters. The summed E-state index contributed by atoms with van der Waals surface area (Å²) in [5.74, 6) is 1.24. The number of methoxy groups -OCH3 is 1. The van der Waals surface area contributed by atoms with Gasteiger partial charge in [-0.1, -0.05) is 12.1 Å². The topological polar surface area (TPSA) is 120 Å². The molecule has 0 saturated heterocycles. The van der Waals surface area contributed by atoms with E-state index in [0.717, 1.165) is 5.56 Å². The van der Waals surface area contributed by atoms with E-state index in [4.69, 9.17) is 9.47 Å². The van der Waals surface area contributed by atoms with E-state index in [-0.39, 0.29) is 11.8 Å². The van der Waals surface area contributed by atoms with E-state index >= 15 is 0 Å². The van der Waals surface area contributed by atoms with Crippen LogP contribution in [0, 0.1) is 6.92 Å². The van der Waals surface area contributed by atoms with E-state index in [1.54, 1.807) is 69.0 Å². The Morgan fingerprint density at radius 2 is 1.89 bits per heavy atom. The standard InChI is InChI=1S/C25H24N6O4/c1-16-19(24(32)28-15-17-7-8-23(34-3)27-14-17)5-4-6-21(16)35-18-9-11-26-22(13-18)30-25(33)20-10-12-29-31(20)2/h4-14H,15H2,1-3H3,(H,28,32)(H,26,30,33). The number of benzene rings is 1. The number of nitrogens with one attached hydrogen (secondary N) is 2. The summed E-state index contributed by atoms with van der Waals surface area (Å²) in [6.07, 6.45) is 4.73. The second kappa shape index (κ2) is 10.5. The highest BCUT2D eigenvalue weighted by Gasteiger charge is 2.15. The van der Waals surface area contributed by atoms with Crippen molar-refractivity contribution < 1.29 is 19.1 Å². The predicted molar refractivity (Wildman–Crippen MR) is 129 cm³/mol. The number of anilines is 1. The lowest BCUT2D eigenvalue weighted by Gasteiger charge is -2.13. The zero-order valence-electron chi connectivity index (χ0n) is 19.5. The van der Waals surface area contributed by atoms with Crippen LogP contribution >= 0.6 is 0 Å². The summed E-state index contributed by atoms with van der Waals surface area (Å²) in [4.78, 5) is 33.5. The van der Waals surface area contributed by atoms with Gasteiger partial charge in [0.15, 0.2) is 0 Å². The predicted octanol–water partition coefficient (Wildman–Crippen LogP) is 3.50. The molecule has 0 unspecified atom stereocenters. The fourth-order valence-corrected chi connectivity index (χ4v) is 3.33. The monoisotopic (exact) mass is 472 g/mol. The minimum absolute atomic E-state index is 0.234. The molecule has 4 aromatic rings. The van der Waals surface area contributed by atoms with Gasteiger partial charge in [0, 0.05) is 55.4 Å². The van der Waals surface area contributed by atoms with Gasteiger partial charge in [0.25, 0.3) is 11.8 Å². The van der Waals surface area contributed by atoms with Crippen molar-refractivity contribution in [2.75, 3.05) is 12.4 Å². The van der Waals surface area contributed by atoms with Gasteiger partial charge < -0.3 is 20.1 Å². The maximum Gasteiger partial charge on any atom is 0.275 e. The van der Waals surface area contributed by atoms with Gasteiger partial charge in [0.1, 0.15) is 23.0 Å². The maximum absolute atomic E-state index is 12.8. The summed E-state index contributed by atoms with van der Waals surface area (Å²) in [6.45, 7) is 2.13. The molecule has 3 heterocycles. The third kappa shape index (κ3) is 5.61. The fraction of sp³-hybridized carbons (Fsp3) is 0.160. The first-order valence-corrected chi connectivity index (χ1v) is 10.7. The molecule has 178 valence electrons. The van der Waals surface area contributed by atoms with Crippen molar-refractivity contribution in [3.8, 4) is 17.4 Å². The van der Waals surface area contributed by atoms with Crippen LogP contribution in [-0.4, -0.2) is 38.7 Å². The number of aromatic nitrogens is 4. The van der Waals surface area contributed by atoms with Crippen LogP contribution in [0.1, 0.15) is 32.0 Å². The molecular formula is C25H24N6O4. The molecule has 2 N–H and O–H groups in total. The average Bonchev–Trinajstić information content (AvgIpc) is 3.30. The lowest BCUT2D eigenvalue weighted by molar-refractivity contribution is 0.0949. The summed E-state index contributed by atoms with van der Waals surface area (Å²) in [6, 6.07) is 13.7. The SMILES string of the molecule is COc1ccc(CNC(=O)c2cccc(Oc3ccnc(NC(=O)c4ccnn4C)c3)c2C)cn1. The summed E-state index contributed by atoms with van der Waals surface area (Å²) in [5, 5.41) is 9.61. The molecule has 0 aliphatic carbocycles. The van der Waals surface area contributed by atoms with Crippen LogP contribution in [0.3, 0.4) is 0 Å². The molecule has 1 aromatic carbocycles. The third-order valence-electron chi connectivity index (χ3n) is 5.24. The van der Waals surface area contributed by atoms with E-state index in [1.807, 2.05) is 13.0 Å². The van der Waals surface area contributed by atoms with Crippen molar-refractivity contribution in [1.29, 1.82) is 0 Å². The van der Waals surface area contributed by atoms with Crippen molar-refractivity contribution in [1.82, 2.24) is 25.1 Å². The van der Waals surface area contributed by atoms with Crippen molar-refractivity contribution in [2.45, 2.75) is 13.5 Å². The van der Waals surface area contributed by atoms with Crippen molar-refractivity contribution in [3.63, 3.8) is 0 Å². The number of carbonyl (C=O) groups is 2. The van der Waals surface area contributed by atoms with E-state index in [1.165, 1.54) is 10.9 Å². The number of pyridine rings is 2. The van der Waals surface area contributed by atoms with Crippen molar-refractivity contribution in [3.05, 3.63) is 89.5 Å². The second-order valence-electron chi connectivity index (χ2n) is 7.59. The summed E-state index contributed by atoms with van der Waals surface area (Å²) in [5.41, 5.74) is 2.41.